The largest absolute Gasteiger partial charge is 0.465 e. The first-order chi connectivity index (χ1) is 9.98. The first-order valence-electron chi connectivity index (χ1n) is 7.06. The molecule has 122 valence electrons. The lowest BCUT2D eigenvalue weighted by Gasteiger charge is -2.38. The monoisotopic (exact) mass is 325 g/mol. The fourth-order valence-corrected chi connectivity index (χ4v) is 2.86. The Morgan fingerprint density at radius 1 is 1.32 bits per heavy atom. The molecule has 0 aromatic heterocycles. The van der Waals surface area contributed by atoms with Gasteiger partial charge in [-0.2, -0.15) is 0 Å². The van der Waals surface area contributed by atoms with Crippen molar-refractivity contribution in [1.29, 1.82) is 0 Å². The van der Waals surface area contributed by atoms with Crippen LogP contribution in [0, 0.1) is 10.1 Å². The normalized spacial score (nSPS) is 13.5. The van der Waals surface area contributed by atoms with Crippen molar-refractivity contribution in [2.75, 3.05) is 0 Å². The second-order valence-electron chi connectivity index (χ2n) is 6.66. The number of aldehydes is 1. The summed E-state index contributed by atoms with van der Waals surface area (Å²) in [6, 6.07) is 3.89. The maximum absolute atomic E-state index is 11.1. The van der Waals surface area contributed by atoms with Crippen LogP contribution in [0.3, 0.4) is 0 Å². The second-order valence-corrected chi connectivity index (χ2v) is 11.4. The highest BCUT2D eigenvalue weighted by molar-refractivity contribution is 6.74. The number of ether oxygens (including phenoxy) is 1. The third-order valence-corrected chi connectivity index (χ3v) is 8.43. The Balaban J connectivity index is 2.96. The van der Waals surface area contributed by atoms with Gasteiger partial charge in [-0.25, -0.2) is 0 Å². The number of carbonyl (C=O) groups excluding carboxylic acids is 1. The molecule has 0 radical (unpaired) electrons. The Morgan fingerprint density at radius 2 is 1.91 bits per heavy atom. The standard InChI is InChI=1S/C15H23NO5Si/c1-11(21-22(5,6)15(2,3)4)20-14-9-13(16(18)19)8-7-12(14)10-17/h7-11H,1-6H3. The molecule has 1 rings (SSSR count). The highest BCUT2D eigenvalue weighted by atomic mass is 28.4. The van der Waals surface area contributed by atoms with Crippen LogP contribution >= 0.6 is 0 Å². The summed E-state index contributed by atoms with van der Waals surface area (Å²) >= 11 is 0. The van der Waals surface area contributed by atoms with E-state index in [0.717, 1.165) is 0 Å². The molecular formula is C15H23NO5Si. The molecule has 1 unspecified atom stereocenters. The lowest BCUT2D eigenvalue weighted by molar-refractivity contribution is -0.385. The molecule has 0 saturated heterocycles. The number of nitro groups is 1. The summed E-state index contributed by atoms with van der Waals surface area (Å²) in [4.78, 5) is 21.4. The van der Waals surface area contributed by atoms with Gasteiger partial charge in [-0.15, -0.1) is 0 Å². The van der Waals surface area contributed by atoms with Crippen LogP contribution in [0.1, 0.15) is 38.1 Å². The fourth-order valence-electron chi connectivity index (χ4n) is 1.63. The number of rotatable bonds is 6. The average Bonchev–Trinajstić information content (AvgIpc) is 2.36. The molecule has 0 N–H and O–H groups in total. The Labute approximate surface area is 131 Å². The number of hydrogen-bond donors (Lipinski definition) is 0. The summed E-state index contributed by atoms with van der Waals surface area (Å²) in [7, 11) is -2.03. The molecule has 0 amide bonds. The number of non-ortho nitro benzene ring substituents is 1. The predicted octanol–water partition coefficient (Wildman–Crippen LogP) is 4.15. The first kappa shape index (κ1) is 18.3. The number of hydrogen-bond acceptors (Lipinski definition) is 5. The minimum absolute atomic E-state index is 0.0147. The van der Waals surface area contributed by atoms with Crippen LogP contribution in [0.5, 0.6) is 5.75 Å². The van der Waals surface area contributed by atoms with Crippen molar-refractivity contribution in [3.8, 4) is 5.75 Å². The molecule has 0 spiro atoms. The Hall–Kier alpha value is -1.73. The quantitative estimate of drug-likeness (QED) is 0.258. The lowest BCUT2D eigenvalue weighted by atomic mass is 10.2. The van der Waals surface area contributed by atoms with Gasteiger partial charge in [0.1, 0.15) is 5.75 Å². The number of nitrogens with zero attached hydrogens (tertiary/aromatic N) is 1. The van der Waals surface area contributed by atoms with Gasteiger partial charge in [-0.1, -0.05) is 20.8 Å². The number of carbonyl (C=O) groups is 1. The molecule has 1 atom stereocenters. The Kier molecular flexibility index (Phi) is 5.48. The molecule has 6 nitrogen and oxygen atoms in total. The summed E-state index contributed by atoms with van der Waals surface area (Å²) in [5, 5.41) is 10.9. The van der Waals surface area contributed by atoms with E-state index in [-0.39, 0.29) is 22.0 Å². The predicted molar refractivity (Wildman–Crippen MR) is 86.9 cm³/mol. The Morgan fingerprint density at radius 3 is 2.36 bits per heavy atom. The highest BCUT2D eigenvalue weighted by Crippen LogP contribution is 2.37. The SMILES string of the molecule is CC(Oc1cc([N+](=O)[O-])ccc1C=O)O[Si](C)(C)C(C)(C)C. The van der Waals surface area contributed by atoms with E-state index in [1.54, 1.807) is 6.92 Å². The van der Waals surface area contributed by atoms with Crippen molar-refractivity contribution in [3.05, 3.63) is 33.9 Å². The van der Waals surface area contributed by atoms with Crippen LogP contribution in [0.25, 0.3) is 0 Å². The zero-order chi connectivity index (χ0) is 17.1. The Bertz CT molecular complexity index is 566. The minimum atomic E-state index is -2.03. The van der Waals surface area contributed by atoms with Crippen LogP contribution in [-0.2, 0) is 4.43 Å². The van der Waals surface area contributed by atoms with Gasteiger partial charge in [-0.3, -0.25) is 14.9 Å². The first-order valence-corrected chi connectivity index (χ1v) is 9.97. The van der Waals surface area contributed by atoms with Crippen LogP contribution < -0.4 is 4.74 Å². The molecule has 7 heteroatoms. The van der Waals surface area contributed by atoms with E-state index in [9.17, 15) is 14.9 Å². The van der Waals surface area contributed by atoms with Crippen LogP contribution in [-0.4, -0.2) is 25.8 Å². The van der Waals surface area contributed by atoms with E-state index in [4.69, 9.17) is 9.16 Å². The third-order valence-electron chi connectivity index (χ3n) is 3.89. The molecule has 0 aliphatic carbocycles. The minimum Gasteiger partial charge on any atom is -0.465 e. The molecule has 0 fully saturated rings. The van der Waals surface area contributed by atoms with Gasteiger partial charge in [0.25, 0.3) is 5.69 Å². The van der Waals surface area contributed by atoms with E-state index >= 15 is 0 Å². The average molecular weight is 325 g/mol. The summed E-state index contributed by atoms with van der Waals surface area (Å²) in [5.41, 5.74) is 0.136. The third kappa shape index (κ3) is 4.38. The van der Waals surface area contributed by atoms with E-state index in [1.807, 2.05) is 0 Å². The van der Waals surface area contributed by atoms with Crippen molar-refractivity contribution < 1.29 is 18.9 Å². The molecule has 0 bridgehead atoms. The van der Waals surface area contributed by atoms with E-state index < -0.39 is 19.5 Å². The number of benzene rings is 1. The molecule has 1 aromatic rings. The highest BCUT2D eigenvalue weighted by Gasteiger charge is 2.39. The molecule has 0 saturated carbocycles. The van der Waals surface area contributed by atoms with Gasteiger partial charge < -0.3 is 9.16 Å². The maximum atomic E-state index is 11.1. The van der Waals surface area contributed by atoms with Crippen LogP contribution in [0.4, 0.5) is 5.69 Å². The summed E-state index contributed by atoms with van der Waals surface area (Å²) in [5.74, 6) is 0.162. The van der Waals surface area contributed by atoms with Crippen molar-refractivity contribution in [3.63, 3.8) is 0 Å². The topological polar surface area (TPSA) is 78.7 Å². The van der Waals surface area contributed by atoms with Crippen molar-refractivity contribution in [2.24, 2.45) is 0 Å². The molecular weight excluding hydrogens is 302 g/mol. The molecule has 1 aromatic carbocycles. The smallest absolute Gasteiger partial charge is 0.273 e. The van der Waals surface area contributed by atoms with Crippen molar-refractivity contribution >= 4 is 20.3 Å². The van der Waals surface area contributed by atoms with Gasteiger partial charge in [0, 0.05) is 6.07 Å². The fraction of sp³-hybridized carbons (Fsp3) is 0.533. The van der Waals surface area contributed by atoms with Crippen molar-refractivity contribution in [1.82, 2.24) is 0 Å². The van der Waals surface area contributed by atoms with Gasteiger partial charge >= 0.3 is 0 Å². The molecule has 0 heterocycles. The summed E-state index contributed by atoms with van der Waals surface area (Å²) < 4.78 is 11.7. The van der Waals surface area contributed by atoms with Gasteiger partial charge in [0.15, 0.2) is 20.9 Å². The summed E-state index contributed by atoms with van der Waals surface area (Å²) in [6.45, 7) is 12.2. The molecule has 0 aliphatic heterocycles. The van der Waals surface area contributed by atoms with Gasteiger partial charge in [0.05, 0.1) is 16.6 Å². The zero-order valence-corrected chi connectivity index (χ0v) is 14.9. The summed E-state index contributed by atoms with van der Waals surface area (Å²) in [6.07, 6.45) is 0.0135. The molecule has 0 aliphatic rings. The van der Waals surface area contributed by atoms with Gasteiger partial charge in [-0.05, 0) is 31.1 Å². The maximum Gasteiger partial charge on any atom is 0.273 e. The second kappa shape index (κ2) is 6.58. The van der Waals surface area contributed by atoms with E-state index in [2.05, 4.69) is 33.9 Å². The van der Waals surface area contributed by atoms with E-state index in [1.165, 1.54) is 18.2 Å². The zero-order valence-electron chi connectivity index (χ0n) is 13.9. The van der Waals surface area contributed by atoms with Crippen molar-refractivity contribution in [2.45, 2.75) is 52.1 Å². The van der Waals surface area contributed by atoms with E-state index in [0.29, 0.717) is 6.29 Å². The molecule has 22 heavy (non-hydrogen) atoms. The lowest BCUT2D eigenvalue weighted by Crippen LogP contribution is -2.44. The van der Waals surface area contributed by atoms with Crippen LogP contribution in [0.15, 0.2) is 18.2 Å². The van der Waals surface area contributed by atoms with Crippen LogP contribution in [0.2, 0.25) is 18.1 Å². The van der Waals surface area contributed by atoms with Gasteiger partial charge in [0.2, 0.25) is 0 Å². The number of nitro benzene ring substituents is 1.